The molecule has 56 heavy (non-hydrogen) atoms. The number of allylic oxidation sites excluding steroid dienone is 2. The number of unbranched alkanes of at least 4 members (excludes halogenated alkanes) is 2. The summed E-state index contributed by atoms with van der Waals surface area (Å²) in [6, 6.07) is 35.4. The van der Waals surface area contributed by atoms with E-state index < -0.39 is 23.9 Å². The van der Waals surface area contributed by atoms with E-state index in [0.717, 1.165) is 12.8 Å². The average Bonchev–Trinajstić information content (AvgIpc) is 3.78. The zero-order chi connectivity index (χ0) is 40.4. The van der Waals surface area contributed by atoms with E-state index in [4.69, 9.17) is 0 Å². The predicted molar refractivity (Wildman–Crippen MR) is 250 cm³/mol. The van der Waals surface area contributed by atoms with E-state index in [1.165, 1.54) is 33.9 Å². The molecule has 0 amide bonds. The van der Waals surface area contributed by atoms with Gasteiger partial charge in [0.15, 0.2) is 0 Å². The van der Waals surface area contributed by atoms with Gasteiger partial charge < -0.3 is 0 Å². The fourth-order valence-corrected chi connectivity index (χ4v) is 69.9. The standard InChI is InChI=1S/2C17H23.C12H11Si.2C4H9.Zr/c2*1-6-13-7-15-9-14(11(2)3)10-16(12(4)5)17(15)8-13;1-3-7-11(8-4-1)13-12-9-5-2-6-10-12;2*1-3-4-2;/h2*7-12H,6H2,1-5H3;1-10,13H;2*1,3-4H2,2H3;. The molecule has 2 aliphatic rings. The molecule has 0 saturated heterocycles. The molecule has 0 aromatic heterocycles. The van der Waals surface area contributed by atoms with Gasteiger partial charge >= 0.3 is 348 Å². The van der Waals surface area contributed by atoms with E-state index in [1.54, 1.807) is 66.0 Å². The second-order valence-corrected chi connectivity index (χ2v) is 49.5. The summed E-state index contributed by atoms with van der Waals surface area (Å²) in [6.07, 6.45) is 13.0. The van der Waals surface area contributed by atoms with Gasteiger partial charge in [0, 0.05) is 0 Å². The van der Waals surface area contributed by atoms with Crippen molar-refractivity contribution in [1.29, 1.82) is 0 Å². The Bertz CT molecular complexity index is 1880. The second-order valence-electron chi connectivity index (χ2n) is 19.3. The van der Waals surface area contributed by atoms with Crippen LogP contribution in [0.2, 0.25) is 8.26 Å². The molecule has 6 rings (SSSR count). The van der Waals surface area contributed by atoms with Gasteiger partial charge in [-0.05, 0) is 0 Å². The molecule has 4 aromatic carbocycles. The molecule has 0 heterocycles. The molecule has 299 valence electrons. The molecule has 4 aromatic rings. The Morgan fingerprint density at radius 1 is 0.500 bits per heavy atom. The van der Waals surface area contributed by atoms with Crippen LogP contribution in [-0.4, -0.2) is 5.92 Å². The fraction of sp³-hybridized carbons (Fsp3) is 0.481. The third kappa shape index (κ3) is 7.36. The molecular weight excluding hydrogens is 768 g/mol. The minimum atomic E-state index is -4.64. The van der Waals surface area contributed by atoms with Crippen LogP contribution in [0.5, 0.6) is 0 Å². The summed E-state index contributed by atoms with van der Waals surface area (Å²) in [5, 5.41) is 3.41. The summed E-state index contributed by atoms with van der Waals surface area (Å²) < 4.78 is 3.93. The van der Waals surface area contributed by atoms with Crippen LogP contribution < -0.4 is 10.4 Å². The van der Waals surface area contributed by atoms with Crippen LogP contribution in [-0.2, 0) is 17.9 Å². The molecule has 0 N–H and O–H groups in total. The van der Waals surface area contributed by atoms with E-state index in [1.807, 2.05) is 0 Å². The Labute approximate surface area is 345 Å². The number of hydrogen-bond donors (Lipinski definition) is 0. The molecule has 0 bridgehead atoms. The molecule has 2 heteroatoms. The number of fused-ring (bicyclic) bond motifs is 2. The van der Waals surface area contributed by atoms with Crippen molar-refractivity contribution in [3.05, 3.63) is 141 Å². The van der Waals surface area contributed by atoms with Crippen LogP contribution >= 0.6 is 0 Å². The molecule has 0 aliphatic heterocycles. The van der Waals surface area contributed by atoms with Crippen molar-refractivity contribution in [2.75, 3.05) is 0 Å². The van der Waals surface area contributed by atoms with Crippen LogP contribution in [0.4, 0.5) is 0 Å². The van der Waals surface area contributed by atoms with Gasteiger partial charge in [0.05, 0.1) is 0 Å². The normalized spacial score (nSPS) is 17.5. The topological polar surface area (TPSA) is 0 Å². The van der Waals surface area contributed by atoms with E-state index >= 15 is 0 Å². The average molecular weight is 844 g/mol. The van der Waals surface area contributed by atoms with Gasteiger partial charge in [0.1, 0.15) is 0 Å². The van der Waals surface area contributed by atoms with Crippen molar-refractivity contribution in [3.8, 4) is 0 Å². The third-order valence-electron chi connectivity index (χ3n) is 14.7. The van der Waals surface area contributed by atoms with E-state index in [-0.39, 0.29) is 0 Å². The third-order valence-corrected chi connectivity index (χ3v) is 59.9. The molecule has 2 atom stereocenters. The van der Waals surface area contributed by atoms with Crippen molar-refractivity contribution < 1.29 is 17.9 Å². The van der Waals surface area contributed by atoms with E-state index in [9.17, 15) is 0 Å². The molecule has 2 aliphatic carbocycles. The van der Waals surface area contributed by atoms with Gasteiger partial charge in [-0.2, -0.15) is 0 Å². The van der Waals surface area contributed by atoms with Crippen molar-refractivity contribution in [3.63, 3.8) is 0 Å². The quantitative estimate of drug-likeness (QED) is 0.0929. The van der Waals surface area contributed by atoms with Crippen LogP contribution in [0.3, 0.4) is 0 Å². The van der Waals surface area contributed by atoms with Crippen LogP contribution in [0.25, 0.3) is 12.2 Å². The van der Waals surface area contributed by atoms with E-state index in [0.29, 0.717) is 30.9 Å². The molecule has 0 nitrogen and oxygen atoms in total. The van der Waals surface area contributed by atoms with Crippen LogP contribution in [0, 0.1) is 0 Å². The maximum absolute atomic E-state index is 4.64. The second kappa shape index (κ2) is 17.8. The molecule has 0 fully saturated rings. The summed E-state index contributed by atoms with van der Waals surface area (Å²) in [6.45, 7) is 29.5. The molecule has 0 saturated carbocycles. The van der Waals surface area contributed by atoms with Gasteiger partial charge in [-0.25, -0.2) is 0 Å². The number of hydrogen-bond acceptors (Lipinski definition) is 0. The molecular formula is C54H75SiZr. The molecule has 2 unspecified atom stereocenters. The maximum atomic E-state index is 2.79. The van der Waals surface area contributed by atoms with Crippen LogP contribution in [0.1, 0.15) is 197 Å². The number of benzene rings is 4. The monoisotopic (exact) mass is 841 g/mol. The summed E-state index contributed by atoms with van der Waals surface area (Å²) in [5.41, 5.74) is 16.5. The molecule has 0 radical (unpaired) electrons. The van der Waals surface area contributed by atoms with Gasteiger partial charge in [-0.1, -0.05) is 0 Å². The predicted octanol–water partition coefficient (Wildman–Crippen LogP) is 15.2. The van der Waals surface area contributed by atoms with E-state index in [2.05, 4.69) is 180 Å². The first kappa shape index (κ1) is 43.0. The Morgan fingerprint density at radius 2 is 0.875 bits per heavy atom. The Hall–Kier alpha value is -2.54. The summed E-state index contributed by atoms with van der Waals surface area (Å²) in [7, 11) is 0. The zero-order valence-electron chi connectivity index (χ0n) is 37.4. The zero-order valence-corrected chi connectivity index (χ0v) is 41.0. The summed E-state index contributed by atoms with van der Waals surface area (Å²) in [5.74, 6) is -0.00488. The summed E-state index contributed by atoms with van der Waals surface area (Å²) in [4.78, 5) is 0. The van der Waals surface area contributed by atoms with Crippen molar-refractivity contribution in [2.24, 2.45) is 0 Å². The van der Waals surface area contributed by atoms with Crippen molar-refractivity contribution in [2.45, 2.75) is 161 Å². The Morgan fingerprint density at radius 3 is 1.18 bits per heavy atom. The Kier molecular flexibility index (Phi) is 13.6. The first-order valence-corrected chi connectivity index (χ1v) is 35.2. The van der Waals surface area contributed by atoms with Gasteiger partial charge in [-0.15, -0.1) is 0 Å². The van der Waals surface area contributed by atoms with Crippen molar-refractivity contribution in [1.82, 2.24) is 0 Å². The van der Waals surface area contributed by atoms with Gasteiger partial charge in [0.2, 0.25) is 0 Å². The minimum absolute atomic E-state index is 0.485. The Balaban J connectivity index is 1.94. The SMILES string of the molecule is CCC[CH2][Zr]([CH2]CCC)([CH]1C(CC)=Cc2c(C(C)C)cc(C(C)C)cc21)([CH]1C(CC)=Cc2c(C(C)C)cc(C(C)C)cc21)[SiH](c1ccccc1)c1ccccc1. The van der Waals surface area contributed by atoms with Crippen LogP contribution in [0.15, 0.2) is 96.1 Å². The first-order chi connectivity index (χ1) is 26.9. The van der Waals surface area contributed by atoms with Gasteiger partial charge in [0.25, 0.3) is 0 Å². The van der Waals surface area contributed by atoms with Crippen molar-refractivity contribution >= 4 is 28.4 Å². The number of rotatable bonds is 17. The first-order valence-electron chi connectivity index (χ1n) is 22.9. The summed E-state index contributed by atoms with van der Waals surface area (Å²) >= 11 is -4.64. The fourth-order valence-electron chi connectivity index (χ4n) is 12.2. The van der Waals surface area contributed by atoms with Gasteiger partial charge in [-0.3, -0.25) is 0 Å². The molecule has 0 spiro atoms.